The summed E-state index contributed by atoms with van der Waals surface area (Å²) in [5.41, 5.74) is 11.3. The minimum Gasteiger partial charge on any atom is -0.388 e. The molecule has 1 saturated heterocycles. The van der Waals surface area contributed by atoms with Gasteiger partial charge in [0.15, 0.2) is 22.6 Å². The number of hydrogen-bond acceptors (Lipinski definition) is 16. The summed E-state index contributed by atoms with van der Waals surface area (Å²) in [5.74, 6) is 0.234. The maximum Gasteiger partial charge on any atom is 0.386 e. The standard InChI is InChI=1S/C20H25N9O10P2S2/c21-16-12-17(24-5-23-16)29(7-25-12)11-2-1-8(36-11)4-35-41(34,43)39-15-9(3-10(14(15)30)38-40(32,33)42)28-6-26-13-18(28)27-20(22)37-19(13)31/h5-11,14-15,30H,1-4H2,(H2,22,27)(H,34,43)(H2,21,23,24)(H2,32,33,42)/t8-,9+,10-,11+,14+,15-,41?/m0/s1. The highest BCUT2D eigenvalue weighted by atomic mass is 32.7. The molecule has 0 radical (unpaired) electrons. The minimum atomic E-state index is -4.37. The molecule has 43 heavy (non-hydrogen) atoms. The lowest BCUT2D eigenvalue weighted by molar-refractivity contribution is -0.0282. The quantitative estimate of drug-likeness (QED) is 0.107. The van der Waals surface area contributed by atoms with Gasteiger partial charge in [-0.05, 0) is 12.8 Å². The van der Waals surface area contributed by atoms with Gasteiger partial charge in [0.05, 0.1) is 37.5 Å². The number of nitrogen functional groups attached to an aromatic ring is 2. The van der Waals surface area contributed by atoms with Crippen LogP contribution in [0.15, 0.2) is 28.2 Å². The van der Waals surface area contributed by atoms with Crippen LogP contribution in [0.4, 0.5) is 11.8 Å². The van der Waals surface area contributed by atoms with Gasteiger partial charge in [0.1, 0.15) is 30.3 Å². The summed E-state index contributed by atoms with van der Waals surface area (Å²) < 4.78 is 55.4. The number of thiol groups is 2. The van der Waals surface area contributed by atoms with E-state index < -0.39 is 61.9 Å². The Morgan fingerprint density at radius 3 is 2.56 bits per heavy atom. The Labute approximate surface area is 251 Å². The zero-order chi connectivity index (χ0) is 30.7. The van der Waals surface area contributed by atoms with Crippen molar-refractivity contribution in [3.63, 3.8) is 0 Å². The van der Waals surface area contributed by atoms with Gasteiger partial charge in [-0.3, -0.25) is 18.1 Å². The van der Waals surface area contributed by atoms with Crippen molar-refractivity contribution in [2.75, 3.05) is 18.1 Å². The van der Waals surface area contributed by atoms with Gasteiger partial charge in [0.25, 0.3) is 6.01 Å². The summed E-state index contributed by atoms with van der Waals surface area (Å²) in [4.78, 5) is 42.2. The van der Waals surface area contributed by atoms with Crippen molar-refractivity contribution in [2.45, 2.75) is 55.9 Å². The van der Waals surface area contributed by atoms with E-state index in [4.69, 9.17) is 34.2 Å². The number of aliphatic hydroxyl groups excluding tert-OH is 1. The van der Waals surface area contributed by atoms with Gasteiger partial charge in [-0.15, -0.1) is 0 Å². The molecule has 0 bridgehead atoms. The third-order valence-electron chi connectivity index (χ3n) is 7.04. The van der Waals surface area contributed by atoms with E-state index in [1.165, 1.54) is 17.2 Å². The van der Waals surface area contributed by atoms with E-state index in [1.807, 2.05) is 0 Å². The Kier molecular flexibility index (Phi) is 8.08. The van der Waals surface area contributed by atoms with Gasteiger partial charge >= 0.3 is 19.2 Å². The van der Waals surface area contributed by atoms with E-state index in [2.05, 4.69) is 49.4 Å². The number of aliphatic hydroxyl groups is 1. The molecule has 2 fully saturated rings. The van der Waals surface area contributed by atoms with Crippen molar-refractivity contribution in [3.8, 4) is 0 Å². The topological polar surface area (TPSA) is 268 Å². The van der Waals surface area contributed by atoms with Crippen LogP contribution in [0.3, 0.4) is 0 Å². The summed E-state index contributed by atoms with van der Waals surface area (Å²) in [5, 5.41) is 11.0. The summed E-state index contributed by atoms with van der Waals surface area (Å²) >= 11 is 7.61. The second-order valence-corrected chi connectivity index (χ2v) is 15.4. The lowest BCUT2D eigenvalue weighted by Crippen LogP contribution is -2.34. The van der Waals surface area contributed by atoms with Crippen LogP contribution in [0.2, 0.25) is 0 Å². The number of imidazole rings is 2. The van der Waals surface area contributed by atoms with E-state index in [0.29, 0.717) is 24.0 Å². The largest absolute Gasteiger partial charge is 0.388 e. The number of ether oxygens (including phenoxy) is 1. The fraction of sp³-hybridized carbons (Fsp3) is 0.500. The fourth-order valence-corrected chi connectivity index (χ4v) is 7.66. The molecule has 5 heterocycles. The molecule has 0 amide bonds. The first-order valence-electron chi connectivity index (χ1n) is 12.6. The summed E-state index contributed by atoms with van der Waals surface area (Å²) in [6.45, 7) is -8.78. The van der Waals surface area contributed by atoms with E-state index in [-0.39, 0.29) is 30.0 Å². The molecule has 2 unspecified atom stereocenters. The SMILES string of the molecule is Nc1nc2c(ncn2[C@@H]2C[C@H](OP(=O)(O)S)[C@@H](O)[C@H]2OP(=O)(S)OC[C@@H]2CC[C@H](n3cnc4c(N)ncnc43)O2)c(=O)o1. The molecule has 0 spiro atoms. The van der Waals surface area contributed by atoms with Gasteiger partial charge < -0.3 is 35.2 Å². The highest BCUT2D eigenvalue weighted by Gasteiger charge is 2.50. The van der Waals surface area contributed by atoms with Gasteiger partial charge in [-0.1, -0.05) is 24.5 Å². The molecule has 2 aliphatic rings. The first-order valence-corrected chi connectivity index (χ1v) is 18.0. The second-order valence-electron chi connectivity index (χ2n) is 9.80. The third-order valence-corrected chi connectivity index (χ3v) is 9.48. The number of nitrogens with two attached hydrogens (primary N) is 2. The van der Waals surface area contributed by atoms with Crippen LogP contribution < -0.4 is 17.1 Å². The zero-order valence-electron chi connectivity index (χ0n) is 21.8. The second kappa shape index (κ2) is 11.4. The van der Waals surface area contributed by atoms with Crippen molar-refractivity contribution in [3.05, 3.63) is 29.4 Å². The maximum absolute atomic E-state index is 13.4. The molecule has 6 rings (SSSR count). The van der Waals surface area contributed by atoms with E-state index >= 15 is 0 Å². The lowest BCUT2D eigenvalue weighted by Gasteiger charge is -2.27. The van der Waals surface area contributed by atoms with Crippen LogP contribution in [-0.4, -0.2) is 75.1 Å². The van der Waals surface area contributed by atoms with Crippen molar-refractivity contribution < 1.29 is 41.9 Å². The van der Waals surface area contributed by atoms with Crippen molar-refractivity contribution in [1.82, 2.24) is 34.1 Å². The normalized spacial score (nSPS) is 28.8. The molecule has 0 aromatic carbocycles. The van der Waals surface area contributed by atoms with Crippen LogP contribution in [0.25, 0.3) is 22.3 Å². The molecule has 1 aliphatic carbocycles. The highest BCUT2D eigenvalue weighted by molar-refractivity contribution is 8.44. The number of anilines is 2. The smallest absolute Gasteiger partial charge is 0.386 e. The Hall–Kier alpha value is -2.58. The monoisotopic (exact) mass is 677 g/mol. The minimum absolute atomic E-state index is 0.0300. The lowest BCUT2D eigenvalue weighted by atomic mass is 10.2. The van der Waals surface area contributed by atoms with Gasteiger partial charge in [-0.25, -0.2) is 33.9 Å². The Morgan fingerprint density at radius 2 is 1.79 bits per heavy atom. The Balaban J connectivity index is 1.18. The highest BCUT2D eigenvalue weighted by Crippen LogP contribution is 2.59. The summed E-state index contributed by atoms with van der Waals surface area (Å²) in [6.07, 6.45) is -0.312. The number of rotatable bonds is 9. The van der Waals surface area contributed by atoms with E-state index in [0.717, 1.165) is 0 Å². The Morgan fingerprint density at radius 1 is 1.05 bits per heavy atom. The molecule has 4 aromatic rings. The molecular weight excluding hydrogens is 652 g/mol. The summed E-state index contributed by atoms with van der Waals surface area (Å²) in [6, 6.07) is -1.44. The van der Waals surface area contributed by atoms with Crippen LogP contribution in [0.5, 0.6) is 0 Å². The number of fused-ring (bicyclic) bond motifs is 2. The average molecular weight is 678 g/mol. The van der Waals surface area contributed by atoms with E-state index in [1.54, 1.807) is 10.9 Å². The first kappa shape index (κ1) is 30.4. The summed E-state index contributed by atoms with van der Waals surface area (Å²) in [7, 11) is 0. The molecule has 6 N–H and O–H groups in total. The number of nitrogens with zero attached hydrogens (tertiary/aromatic N) is 7. The molecule has 19 nitrogen and oxygen atoms in total. The molecule has 4 aromatic heterocycles. The maximum atomic E-state index is 13.4. The number of aromatic nitrogens is 7. The van der Waals surface area contributed by atoms with Crippen LogP contribution >= 0.6 is 38.1 Å². The number of hydrogen-bond donors (Lipinski definition) is 6. The van der Waals surface area contributed by atoms with Crippen molar-refractivity contribution in [2.24, 2.45) is 0 Å². The van der Waals surface area contributed by atoms with Gasteiger partial charge in [0.2, 0.25) is 0 Å². The van der Waals surface area contributed by atoms with Gasteiger partial charge in [-0.2, -0.15) is 4.98 Å². The Bertz CT molecular complexity index is 1830. The third kappa shape index (κ3) is 6.19. The molecule has 1 saturated carbocycles. The van der Waals surface area contributed by atoms with Crippen LogP contribution in [-0.2, 0) is 27.4 Å². The molecule has 1 aliphatic heterocycles. The molecule has 232 valence electrons. The van der Waals surface area contributed by atoms with E-state index in [9.17, 15) is 23.9 Å². The van der Waals surface area contributed by atoms with Crippen LogP contribution in [0, 0.1) is 0 Å². The molecule has 23 heteroatoms. The van der Waals surface area contributed by atoms with Gasteiger partial charge in [0, 0.05) is 6.42 Å². The predicted molar refractivity (Wildman–Crippen MR) is 154 cm³/mol. The van der Waals surface area contributed by atoms with Crippen molar-refractivity contribution >= 4 is 72.3 Å². The fourth-order valence-electron chi connectivity index (χ4n) is 5.22. The average Bonchev–Trinajstić information content (AvgIpc) is 3.70. The molecule has 8 atom stereocenters. The van der Waals surface area contributed by atoms with Crippen LogP contribution in [0.1, 0.15) is 31.5 Å². The first-order chi connectivity index (χ1) is 20.3. The molecular formula is C20H25N9O10P2S2. The zero-order valence-corrected chi connectivity index (χ0v) is 25.3. The van der Waals surface area contributed by atoms with Crippen molar-refractivity contribution in [1.29, 1.82) is 0 Å². The predicted octanol–water partition coefficient (Wildman–Crippen LogP) is 1.23.